The summed E-state index contributed by atoms with van der Waals surface area (Å²) in [6, 6.07) is 0. The topological polar surface area (TPSA) is 177 Å². The summed E-state index contributed by atoms with van der Waals surface area (Å²) in [6.07, 6.45) is -2.80. The molecule has 0 saturated carbocycles. The maximum atomic E-state index is 11.5. The van der Waals surface area contributed by atoms with E-state index >= 15 is 0 Å². The molecule has 1 aliphatic rings. The van der Waals surface area contributed by atoms with Crippen LogP contribution in [0, 0.1) is 0 Å². The average Bonchev–Trinajstić information content (AvgIpc) is 2.88. The summed E-state index contributed by atoms with van der Waals surface area (Å²) in [7, 11) is 0. The second-order valence-corrected chi connectivity index (χ2v) is 4.72. The van der Waals surface area contributed by atoms with E-state index in [4.69, 9.17) is 10.9 Å². The molecule has 0 radical (unpaired) electrons. The molecule has 0 aromatic rings. The number of hydrazine groups is 1. The number of esters is 1. The summed E-state index contributed by atoms with van der Waals surface area (Å²) in [5, 5.41) is 18.5. The average molecular weight is 347 g/mol. The van der Waals surface area contributed by atoms with Crippen molar-refractivity contribution in [3.63, 3.8) is 0 Å². The van der Waals surface area contributed by atoms with Crippen LogP contribution in [-0.4, -0.2) is 82.4 Å². The number of aliphatic hydroxyl groups is 2. The van der Waals surface area contributed by atoms with Crippen LogP contribution in [0.1, 0.15) is 12.8 Å². The van der Waals surface area contributed by atoms with Crippen molar-refractivity contribution < 1.29 is 43.7 Å². The van der Waals surface area contributed by atoms with Gasteiger partial charge in [-0.1, -0.05) is 0 Å². The first-order valence-corrected chi connectivity index (χ1v) is 6.78. The minimum atomic E-state index is -1.41. The van der Waals surface area contributed by atoms with Gasteiger partial charge in [-0.2, -0.15) is 4.90 Å². The molecule has 1 unspecified atom stereocenters. The fourth-order valence-electron chi connectivity index (χ4n) is 1.61. The molecular formula is C12H17N3O9. The second kappa shape index (κ2) is 8.90. The van der Waals surface area contributed by atoms with Crippen LogP contribution >= 0.6 is 0 Å². The normalized spacial score (nSPS) is 15.2. The summed E-state index contributed by atoms with van der Waals surface area (Å²) in [4.78, 5) is 56.7. The molecular weight excluding hydrogens is 330 g/mol. The molecule has 1 aliphatic heterocycles. The molecule has 1 heterocycles. The van der Waals surface area contributed by atoms with Crippen molar-refractivity contribution in [1.82, 2.24) is 9.91 Å². The van der Waals surface area contributed by atoms with Gasteiger partial charge in [0.1, 0.15) is 32.5 Å². The molecule has 24 heavy (non-hydrogen) atoms. The molecule has 12 nitrogen and oxygen atoms in total. The lowest BCUT2D eigenvalue weighted by molar-refractivity contribution is -0.153. The van der Waals surface area contributed by atoms with E-state index in [1.807, 2.05) is 0 Å². The Kier molecular flexibility index (Phi) is 7.23. The van der Waals surface area contributed by atoms with Crippen molar-refractivity contribution in [2.45, 2.75) is 18.9 Å². The Bertz CT molecular complexity index is 520. The van der Waals surface area contributed by atoms with Gasteiger partial charge in [0.2, 0.25) is 11.8 Å². The number of amides is 4. The van der Waals surface area contributed by atoms with Crippen LogP contribution in [0.2, 0.25) is 0 Å². The number of rotatable bonds is 7. The first-order chi connectivity index (χ1) is 11.3. The highest BCUT2D eigenvalue weighted by atomic mass is 16.6. The van der Waals surface area contributed by atoms with E-state index in [9.17, 15) is 29.1 Å². The minimum absolute atomic E-state index is 0.0871. The summed E-state index contributed by atoms with van der Waals surface area (Å²) >= 11 is 0. The Balaban J connectivity index is 2.29. The zero-order valence-electron chi connectivity index (χ0n) is 12.5. The molecule has 1 atom stereocenters. The van der Waals surface area contributed by atoms with E-state index < -0.39 is 62.3 Å². The fourth-order valence-corrected chi connectivity index (χ4v) is 1.61. The third-order valence-electron chi connectivity index (χ3n) is 2.83. The van der Waals surface area contributed by atoms with Gasteiger partial charge in [-0.25, -0.2) is 10.6 Å². The van der Waals surface area contributed by atoms with E-state index in [1.165, 1.54) is 0 Å². The largest absolute Gasteiger partial charge is 0.461 e. The number of likely N-dealkylation sites (tertiary alicyclic amines) is 1. The van der Waals surface area contributed by atoms with Gasteiger partial charge in [0.25, 0.3) is 5.91 Å². The van der Waals surface area contributed by atoms with Crippen molar-refractivity contribution in [3.8, 4) is 0 Å². The van der Waals surface area contributed by atoms with Crippen LogP contribution in [0.3, 0.4) is 0 Å². The van der Waals surface area contributed by atoms with Crippen LogP contribution in [0.25, 0.3) is 0 Å². The van der Waals surface area contributed by atoms with Crippen LogP contribution in [0.15, 0.2) is 0 Å². The number of hydrogen-bond donors (Lipinski definition) is 3. The number of ether oxygens (including phenoxy) is 2. The molecule has 0 aromatic carbocycles. The Labute approximate surface area is 135 Å². The van der Waals surface area contributed by atoms with Gasteiger partial charge < -0.3 is 19.7 Å². The van der Waals surface area contributed by atoms with E-state index in [2.05, 4.69) is 9.47 Å². The SMILES string of the molecule is NN(CC(=O)OCC(O)COC(=O)N1C(=O)CCC1=O)C(=O)CO. The Morgan fingerprint density at radius 1 is 1.17 bits per heavy atom. The van der Waals surface area contributed by atoms with Gasteiger partial charge >= 0.3 is 12.1 Å². The summed E-state index contributed by atoms with van der Waals surface area (Å²) < 4.78 is 9.17. The van der Waals surface area contributed by atoms with Crippen molar-refractivity contribution in [2.24, 2.45) is 5.84 Å². The smallest absolute Gasteiger partial charge is 0.423 e. The number of carbonyl (C=O) groups excluding carboxylic acids is 5. The lowest BCUT2D eigenvalue weighted by Crippen LogP contribution is -2.43. The molecule has 4 amide bonds. The molecule has 1 saturated heterocycles. The summed E-state index contributed by atoms with van der Waals surface area (Å²) in [5.74, 6) is 1.90. The number of aliphatic hydroxyl groups excluding tert-OH is 2. The highest BCUT2D eigenvalue weighted by Crippen LogP contribution is 2.13. The molecule has 134 valence electrons. The van der Waals surface area contributed by atoms with Gasteiger partial charge in [0, 0.05) is 12.8 Å². The molecule has 1 rings (SSSR count). The first kappa shape index (κ1) is 19.5. The molecule has 0 bridgehead atoms. The molecule has 4 N–H and O–H groups in total. The minimum Gasteiger partial charge on any atom is -0.461 e. The summed E-state index contributed by atoms with van der Waals surface area (Å²) in [6.45, 7) is -2.72. The van der Waals surface area contributed by atoms with Crippen molar-refractivity contribution in [2.75, 3.05) is 26.4 Å². The Morgan fingerprint density at radius 3 is 2.25 bits per heavy atom. The van der Waals surface area contributed by atoms with Crippen molar-refractivity contribution in [3.05, 3.63) is 0 Å². The van der Waals surface area contributed by atoms with Crippen molar-refractivity contribution in [1.29, 1.82) is 0 Å². The van der Waals surface area contributed by atoms with Crippen molar-refractivity contribution >= 4 is 29.8 Å². The molecule has 12 heteroatoms. The number of carbonyl (C=O) groups is 5. The summed E-state index contributed by atoms with van der Waals surface area (Å²) in [5.41, 5.74) is 0. The molecule has 1 fully saturated rings. The lowest BCUT2D eigenvalue weighted by atomic mass is 10.4. The number of hydrogen-bond acceptors (Lipinski definition) is 10. The maximum absolute atomic E-state index is 11.5. The van der Waals surface area contributed by atoms with E-state index in [0.29, 0.717) is 9.91 Å². The van der Waals surface area contributed by atoms with Crippen LogP contribution in [-0.2, 0) is 28.7 Å². The maximum Gasteiger partial charge on any atom is 0.423 e. The van der Waals surface area contributed by atoms with E-state index in [0.717, 1.165) is 0 Å². The predicted molar refractivity (Wildman–Crippen MR) is 72.4 cm³/mol. The van der Waals surface area contributed by atoms with E-state index in [1.54, 1.807) is 0 Å². The monoisotopic (exact) mass is 347 g/mol. The van der Waals surface area contributed by atoms with Gasteiger partial charge in [0.15, 0.2) is 0 Å². The second-order valence-electron chi connectivity index (χ2n) is 4.72. The zero-order valence-corrected chi connectivity index (χ0v) is 12.5. The lowest BCUT2D eigenvalue weighted by Gasteiger charge is -2.17. The van der Waals surface area contributed by atoms with Crippen LogP contribution < -0.4 is 5.84 Å². The number of nitrogens with two attached hydrogens (primary N) is 1. The number of nitrogens with zero attached hydrogens (tertiary/aromatic N) is 2. The van der Waals surface area contributed by atoms with E-state index in [-0.39, 0.29) is 12.8 Å². The standard InChI is InChI=1S/C12H17N3O9/c13-14(10(20)4-16)3-11(21)23-5-7(17)6-24-12(22)15-8(18)1-2-9(15)19/h7,16-17H,1-6,13H2. The fraction of sp³-hybridized carbons (Fsp3) is 0.583. The number of imide groups is 3. The zero-order chi connectivity index (χ0) is 18.3. The quantitative estimate of drug-likeness (QED) is 0.140. The highest BCUT2D eigenvalue weighted by Gasteiger charge is 2.35. The highest BCUT2D eigenvalue weighted by molar-refractivity contribution is 6.13. The molecule has 0 aliphatic carbocycles. The van der Waals surface area contributed by atoms with Crippen LogP contribution in [0.5, 0.6) is 0 Å². The van der Waals surface area contributed by atoms with Crippen LogP contribution in [0.4, 0.5) is 4.79 Å². The Hall–Kier alpha value is -2.57. The third kappa shape index (κ3) is 5.57. The molecule has 0 aromatic heterocycles. The van der Waals surface area contributed by atoms with Gasteiger partial charge in [0.05, 0.1) is 0 Å². The first-order valence-electron chi connectivity index (χ1n) is 6.78. The van der Waals surface area contributed by atoms with Gasteiger partial charge in [-0.15, -0.1) is 0 Å². The Morgan fingerprint density at radius 2 is 1.71 bits per heavy atom. The predicted octanol–water partition coefficient (Wildman–Crippen LogP) is -3.13. The molecule has 0 spiro atoms. The van der Waals surface area contributed by atoms with Gasteiger partial charge in [-0.3, -0.25) is 24.2 Å². The third-order valence-corrected chi connectivity index (χ3v) is 2.83. The van der Waals surface area contributed by atoms with Gasteiger partial charge in [-0.05, 0) is 0 Å².